The van der Waals surface area contributed by atoms with Crippen LogP contribution in [0.2, 0.25) is 0 Å². The third-order valence-corrected chi connectivity index (χ3v) is 3.88. The van der Waals surface area contributed by atoms with Gasteiger partial charge >= 0.3 is 0 Å². The van der Waals surface area contributed by atoms with Crippen LogP contribution in [0, 0.1) is 0 Å². The molecular weight excluding hydrogens is 234 g/mol. The summed E-state index contributed by atoms with van der Waals surface area (Å²) in [5.74, 6) is 0.351. The number of hydrogen-bond donors (Lipinski definition) is 2. The molecule has 2 aromatic carbocycles. The molecule has 2 nitrogen and oxygen atoms in total. The lowest BCUT2D eigenvalue weighted by Gasteiger charge is -2.17. The van der Waals surface area contributed by atoms with E-state index in [1.165, 1.54) is 30.4 Å². The van der Waals surface area contributed by atoms with Gasteiger partial charge in [-0.3, -0.25) is 0 Å². The number of fused-ring (bicyclic) bond motifs is 1. The minimum absolute atomic E-state index is 0.0978. The molecule has 2 heteroatoms. The molecule has 19 heavy (non-hydrogen) atoms. The maximum atomic E-state index is 9.87. The molecule has 0 aliphatic heterocycles. The Morgan fingerprint density at radius 3 is 2.68 bits per heavy atom. The van der Waals surface area contributed by atoms with Crippen molar-refractivity contribution < 1.29 is 5.11 Å². The lowest BCUT2D eigenvalue weighted by Crippen LogP contribution is -2.07. The van der Waals surface area contributed by atoms with Crippen LogP contribution in [0.25, 0.3) is 0 Å². The van der Waals surface area contributed by atoms with Crippen LogP contribution < -0.4 is 5.32 Å². The van der Waals surface area contributed by atoms with Crippen LogP contribution in [0.5, 0.6) is 5.75 Å². The first-order valence-corrected chi connectivity index (χ1v) is 6.90. The summed E-state index contributed by atoms with van der Waals surface area (Å²) in [6.45, 7) is 2.07. The van der Waals surface area contributed by atoms with Crippen molar-refractivity contribution in [1.82, 2.24) is 0 Å². The van der Waals surface area contributed by atoms with Crippen LogP contribution in [0.1, 0.15) is 36.1 Å². The molecule has 0 saturated heterocycles. The Morgan fingerprint density at radius 2 is 1.84 bits per heavy atom. The molecule has 1 aliphatic carbocycles. The summed E-state index contributed by atoms with van der Waals surface area (Å²) in [5, 5.41) is 13.3. The standard InChI is InChI=1S/C17H19NO/c1-12(16-7-2-3-8-17(16)19)18-15-10-9-13-5-4-6-14(13)11-15/h2-3,7-12,18-19H,4-6H2,1H3. The van der Waals surface area contributed by atoms with Crippen molar-refractivity contribution in [1.29, 1.82) is 0 Å². The van der Waals surface area contributed by atoms with Gasteiger partial charge in [0.2, 0.25) is 0 Å². The van der Waals surface area contributed by atoms with Gasteiger partial charge < -0.3 is 10.4 Å². The van der Waals surface area contributed by atoms with Crippen LogP contribution in [-0.4, -0.2) is 5.11 Å². The van der Waals surface area contributed by atoms with Crippen LogP contribution in [-0.2, 0) is 12.8 Å². The van der Waals surface area contributed by atoms with Gasteiger partial charge in [0, 0.05) is 11.3 Å². The predicted molar refractivity (Wildman–Crippen MR) is 78.6 cm³/mol. The fourth-order valence-corrected chi connectivity index (χ4v) is 2.84. The highest BCUT2D eigenvalue weighted by Crippen LogP contribution is 2.29. The van der Waals surface area contributed by atoms with E-state index in [1.807, 2.05) is 18.2 Å². The van der Waals surface area contributed by atoms with Gasteiger partial charge in [0.15, 0.2) is 0 Å². The Hall–Kier alpha value is -1.96. The Bertz CT molecular complexity index is 592. The smallest absolute Gasteiger partial charge is 0.120 e. The molecule has 3 rings (SSSR count). The number of phenols is 1. The summed E-state index contributed by atoms with van der Waals surface area (Å²) in [5.41, 5.74) is 5.02. The number of anilines is 1. The van der Waals surface area contributed by atoms with Crippen molar-refractivity contribution >= 4 is 5.69 Å². The third kappa shape index (κ3) is 2.43. The summed E-state index contributed by atoms with van der Waals surface area (Å²) < 4.78 is 0. The highest BCUT2D eigenvalue weighted by Gasteiger charge is 2.13. The van der Waals surface area contributed by atoms with Crippen LogP contribution in [0.3, 0.4) is 0 Å². The first-order chi connectivity index (χ1) is 9.24. The van der Waals surface area contributed by atoms with Crippen molar-refractivity contribution in [2.24, 2.45) is 0 Å². The van der Waals surface area contributed by atoms with E-state index in [1.54, 1.807) is 6.07 Å². The largest absolute Gasteiger partial charge is 0.508 e. The second-order valence-electron chi connectivity index (χ2n) is 5.26. The van der Waals surface area contributed by atoms with E-state index in [9.17, 15) is 5.11 Å². The number of para-hydroxylation sites is 1. The zero-order valence-electron chi connectivity index (χ0n) is 11.2. The number of rotatable bonds is 3. The van der Waals surface area contributed by atoms with Gasteiger partial charge in [0.25, 0.3) is 0 Å². The first kappa shape index (κ1) is 12.1. The molecule has 0 radical (unpaired) electrons. The summed E-state index contributed by atoms with van der Waals surface area (Å²) in [6, 6.07) is 14.2. The highest BCUT2D eigenvalue weighted by atomic mass is 16.3. The highest BCUT2D eigenvalue weighted by molar-refractivity contribution is 5.52. The normalized spacial score (nSPS) is 15.0. The minimum Gasteiger partial charge on any atom is -0.508 e. The molecule has 0 fully saturated rings. The monoisotopic (exact) mass is 253 g/mol. The van der Waals surface area contributed by atoms with Gasteiger partial charge in [0.1, 0.15) is 5.75 Å². The van der Waals surface area contributed by atoms with E-state index in [0.717, 1.165) is 11.3 Å². The van der Waals surface area contributed by atoms with Crippen molar-refractivity contribution in [2.45, 2.75) is 32.2 Å². The van der Waals surface area contributed by atoms with E-state index in [2.05, 4.69) is 30.4 Å². The first-order valence-electron chi connectivity index (χ1n) is 6.90. The molecule has 2 N–H and O–H groups in total. The Labute approximate surface area is 114 Å². The van der Waals surface area contributed by atoms with Crippen molar-refractivity contribution in [3.05, 3.63) is 59.2 Å². The molecule has 0 heterocycles. The van der Waals surface area contributed by atoms with E-state index in [0.29, 0.717) is 5.75 Å². The van der Waals surface area contributed by atoms with Crippen molar-refractivity contribution in [2.75, 3.05) is 5.32 Å². The summed E-state index contributed by atoms with van der Waals surface area (Å²) in [4.78, 5) is 0. The average molecular weight is 253 g/mol. The van der Waals surface area contributed by atoms with Crippen LogP contribution in [0.4, 0.5) is 5.69 Å². The van der Waals surface area contributed by atoms with Crippen molar-refractivity contribution in [3.63, 3.8) is 0 Å². The topological polar surface area (TPSA) is 32.3 Å². The molecule has 0 aromatic heterocycles. The van der Waals surface area contributed by atoms with Crippen LogP contribution >= 0.6 is 0 Å². The van der Waals surface area contributed by atoms with E-state index < -0.39 is 0 Å². The van der Waals surface area contributed by atoms with Gasteiger partial charge in [-0.05, 0) is 55.5 Å². The molecule has 0 spiro atoms. The number of nitrogens with one attached hydrogen (secondary N) is 1. The number of aromatic hydroxyl groups is 1. The van der Waals surface area contributed by atoms with Gasteiger partial charge in [-0.15, -0.1) is 0 Å². The molecule has 1 atom stereocenters. The Morgan fingerprint density at radius 1 is 1.05 bits per heavy atom. The SMILES string of the molecule is CC(Nc1ccc2c(c1)CCC2)c1ccccc1O. The molecule has 2 aromatic rings. The van der Waals surface area contributed by atoms with Gasteiger partial charge in [-0.2, -0.15) is 0 Å². The molecular formula is C17H19NO. The average Bonchev–Trinajstić information content (AvgIpc) is 2.86. The lowest BCUT2D eigenvalue weighted by molar-refractivity contribution is 0.465. The zero-order valence-corrected chi connectivity index (χ0v) is 11.2. The molecule has 0 amide bonds. The van der Waals surface area contributed by atoms with Gasteiger partial charge in [0.05, 0.1) is 6.04 Å². The second kappa shape index (κ2) is 4.96. The third-order valence-electron chi connectivity index (χ3n) is 3.88. The molecule has 0 bridgehead atoms. The Kier molecular flexibility index (Phi) is 3.16. The second-order valence-corrected chi connectivity index (χ2v) is 5.26. The zero-order chi connectivity index (χ0) is 13.2. The number of aryl methyl sites for hydroxylation is 2. The van der Waals surface area contributed by atoms with Gasteiger partial charge in [-0.25, -0.2) is 0 Å². The van der Waals surface area contributed by atoms with Gasteiger partial charge in [-0.1, -0.05) is 24.3 Å². The summed E-state index contributed by atoms with van der Waals surface area (Å²) in [6.07, 6.45) is 3.67. The molecule has 1 unspecified atom stereocenters. The quantitative estimate of drug-likeness (QED) is 0.864. The predicted octanol–water partition coefficient (Wildman–Crippen LogP) is 4.05. The van der Waals surface area contributed by atoms with E-state index >= 15 is 0 Å². The molecule has 98 valence electrons. The summed E-state index contributed by atoms with van der Waals surface area (Å²) in [7, 11) is 0. The Balaban J connectivity index is 1.80. The fraction of sp³-hybridized carbons (Fsp3) is 0.294. The van der Waals surface area contributed by atoms with E-state index in [-0.39, 0.29) is 6.04 Å². The lowest BCUT2D eigenvalue weighted by atomic mass is 10.1. The maximum Gasteiger partial charge on any atom is 0.120 e. The summed E-state index contributed by atoms with van der Waals surface area (Å²) >= 11 is 0. The number of phenolic OH excluding ortho intramolecular Hbond substituents is 1. The molecule has 0 saturated carbocycles. The number of hydrogen-bond acceptors (Lipinski definition) is 2. The fourth-order valence-electron chi connectivity index (χ4n) is 2.84. The molecule has 1 aliphatic rings. The van der Waals surface area contributed by atoms with E-state index in [4.69, 9.17) is 0 Å². The maximum absolute atomic E-state index is 9.87. The van der Waals surface area contributed by atoms with Crippen molar-refractivity contribution in [3.8, 4) is 5.75 Å². The number of benzene rings is 2. The van der Waals surface area contributed by atoms with Crippen LogP contribution in [0.15, 0.2) is 42.5 Å². The minimum atomic E-state index is 0.0978.